The third-order valence-electron chi connectivity index (χ3n) is 4.92. The number of carbonyl (C=O) groups is 2. The van der Waals surface area contributed by atoms with Gasteiger partial charge in [0.25, 0.3) is 0 Å². The summed E-state index contributed by atoms with van der Waals surface area (Å²) in [5.41, 5.74) is 1.82. The molecule has 0 unspecified atom stereocenters. The Morgan fingerprint density at radius 1 is 1.32 bits per heavy atom. The number of alkyl halides is 3. The Bertz CT molecular complexity index is 697. The third-order valence-corrected chi connectivity index (χ3v) is 4.92. The minimum Gasteiger partial charge on any atom is -0.345 e. The fraction of sp³-hybridized carbons (Fsp3) is 0.529. The molecule has 2 N–H and O–H groups in total. The molecule has 0 atom stereocenters. The summed E-state index contributed by atoms with van der Waals surface area (Å²) in [5, 5.41) is 5.06. The number of nitrogens with zero attached hydrogens (tertiary/aromatic N) is 1. The van der Waals surface area contributed by atoms with Gasteiger partial charge < -0.3 is 15.5 Å². The second kappa shape index (κ2) is 6.33. The summed E-state index contributed by atoms with van der Waals surface area (Å²) in [5.74, 6) is -1.01. The van der Waals surface area contributed by atoms with Crippen LogP contribution in [-0.2, 0) is 15.0 Å². The van der Waals surface area contributed by atoms with E-state index >= 15 is 0 Å². The number of carbonyl (C=O) groups excluding carboxylic acids is 2. The highest BCUT2D eigenvalue weighted by molar-refractivity contribution is 6.11. The van der Waals surface area contributed by atoms with Gasteiger partial charge in [-0.05, 0) is 50.0 Å². The van der Waals surface area contributed by atoms with E-state index in [4.69, 9.17) is 0 Å². The quantitative estimate of drug-likeness (QED) is 0.867. The number of halogens is 3. The van der Waals surface area contributed by atoms with Crippen LogP contribution in [0.15, 0.2) is 18.2 Å². The third kappa shape index (κ3) is 3.22. The highest BCUT2D eigenvalue weighted by Crippen LogP contribution is 2.48. The second-order valence-corrected chi connectivity index (χ2v) is 6.58. The molecule has 2 amide bonds. The molecular weight excluding hydrogens is 335 g/mol. The molecule has 0 bridgehead atoms. The topological polar surface area (TPSA) is 61.4 Å². The van der Waals surface area contributed by atoms with Gasteiger partial charge in [0, 0.05) is 5.69 Å². The molecule has 2 aliphatic heterocycles. The number of anilines is 1. The van der Waals surface area contributed by atoms with E-state index in [0.717, 1.165) is 11.1 Å². The van der Waals surface area contributed by atoms with Crippen molar-refractivity contribution >= 4 is 17.5 Å². The van der Waals surface area contributed by atoms with Crippen LogP contribution in [0.5, 0.6) is 0 Å². The van der Waals surface area contributed by atoms with Crippen molar-refractivity contribution in [2.75, 3.05) is 31.1 Å². The van der Waals surface area contributed by atoms with Crippen molar-refractivity contribution in [2.24, 2.45) is 0 Å². The number of aryl methyl sites for hydroxylation is 1. The standard InChI is InChI=1S/C17H20F3N3O2/c1-11-3-2-4-12-14(11)16(5-7-21-8-6-16)15(25)23(12)9-13(24)22-10-17(18,19)20/h2-4,21H,5-10H2,1H3,(H,22,24). The van der Waals surface area contributed by atoms with Gasteiger partial charge in [0.15, 0.2) is 0 Å². The summed E-state index contributed by atoms with van der Waals surface area (Å²) in [6.45, 7) is 1.49. The Morgan fingerprint density at radius 2 is 2.00 bits per heavy atom. The Morgan fingerprint density at radius 3 is 2.64 bits per heavy atom. The van der Waals surface area contributed by atoms with Crippen molar-refractivity contribution < 1.29 is 22.8 Å². The largest absolute Gasteiger partial charge is 0.405 e. The highest BCUT2D eigenvalue weighted by atomic mass is 19.4. The maximum Gasteiger partial charge on any atom is 0.405 e. The molecule has 25 heavy (non-hydrogen) atoms. The number of benzene rings is 1. The lowest BCUT2D eigenvalue weighted by Crippen LogP contribution is -2.49. The maximum absolute atomic E-state index is 13.1. The molecule has 1 spiro atoms. The van der Waals surface area contributed by atoms with Crippen LogP contribution in [0.4, 0.5) is 18.9 Å². The average Bonchev–Trinajstić information content (AvgIpc) is 2.77. The molecule has 0 saturated carbocycles. The van der Waals surface area contributed by atoms with Gasteiger partial charge in [-0.2, -0.15) is 13.2 Å². The first kappa shape index (κ1) is 17.7. The summed E-state index contributed by atoms with van der Waals surface area (Å²) >= 11 is 0. The number of piperidine rings is 1. The van der Waals surface area contributed by atoms with Gasteiger partial charge in [-0.15, -0.1) is 0 Å². The van der Waals surface area contributed by atoms with E-state index in [1.807, 2.05) is 18.3 Å². The van der Waals surface area contributed by atoms with Crippen molar-refractivity contribution in [3.05, 3.63) is 29.3 Å². The smallest absolute Gasteiger partial charge is 0.345 e. The van der Waals surface area contributed by atoms with Crippen LogP contribution in [0.3, 0.4) is 0 Å². The van der Waals surface area contributed by atoms with Crippen LogP contribution in [0.1, 0.15) is 24.0 Å². The van der Waals surface area contributed by atoms with Crippen molar-refractivity contribution in [2.45, 2.75) is 31.4 Å². The van der Waals surface area contributed by atoms with E-state index in [-0.39, 0.29) is 5.91 Å². The van der Waals surface area contributed by atoms with E-state index in [2.05, 4.69) is 5.32 Å². The number of nitrogens with one attached hydrogen (secondary N) is 2. The second-order valence-electron chi connectivity index (χ2n) is 6.58. The molecule has 0 aliphatic carbocycles. The minimum absolute atomic E-state index is 0.194. The van der Waals surface area contributed by atoms with Crippen LogP contribution in [0, 0.1) is 6.92 Å². The summed E-state index contributed by atoms with van der Waals surface area (Å²) in [6.07, 6.45) is -3.25. The zero-order valence-electron chi connectivity index (χ0n) is 13.9. The Hall–Kier alpha value is -2.09. The van der Waals surface area contributed by atoms with Crippen molar-refractivity contribution in [1.82, 2.24) is 10.6 Å². The summed E-state index contributed by atoms with van der Waals surface area (Å²) in [4.78, 5) is 26.4. The van der Waals surface area contributed by atoms with E-state index in [1.54, 1.807) is 12.1 Å². The Labute approximate surface area is 143 Å². The molecule has 1 fully saturated rings. The van der Waals surface area contributed by atoms with Gasteiger partial charge in [0.1, 0.15) is 13.1 Å². The molecule has 5 nitrogen and oxygen atoms in total. The molecule has 2 heterocycles. The first-order valence-corrected chi connectivity index (χ1v) is 8.21. The molecule has 3 rings (SSSR count). The zero-order valence-corrected chi connectivity index (χ0v) is 13.9. The van der Waals surface area contributed by atoms with Crippen LogP contribution >= 0.6 is 0 Å². The summed E-state index contributed by atoms with van der Waals surface area (Å²) < 4.78 is 36.8. The minimum atomic E-state index is -4.48. The Kier molecular flexibility index (Phi) is 4.49. The maximum atomic E-state index is 13.1. The summed E-state index contributed by atoms with van der Waals surface area (Å²) in [6, 6.07) is 5.47. The van der Waals surface area contributed by atoms with Crippen LogP contribution in [-0.4, -0.2) is 44.2 Å². The van der Waals surface area contributed by atoms with Gasteiger partial charge in [0.2, 0.25) is 11.8 Å². The van der Waals surface area contributed by atoms with Gasteiger partial charge in [-0.1, -0.05) is 12.1 Å². The van der Waals surface area contributed by atoms with Crippen LogP contribution in [0.25, 0.3) is 0 Å². The SMILES string of the molecule is Cc1cccc2c1C1(CCNCC1)C(=O)N2CC(=O)NCC(F)(F)F. The predicted molar refractivity (Wildman–Crippen MR) is 86.4 cm³/mol. The lowest BCUT2D eigenvalue weighted by molar-refractivity contribution is -0.138. The average molecular weight is 355 g/mol. The van der Waals surface area contributed by atoms with E-state index in [9.17, 15) is 22.8 Å². The number of fused-ring (bicyclic) bond motifs is 2. The fourth-order valence-corrected chi connectivity index (χ4v) is 3.85. The molecular formula is C17H20F3N3O2. The number of hydrogen-bond donors (Lipinski definition) is 2. The molecule has 1 aromatic carbocycles. The first-order chi connectivity index (χ1) is 11.7. The molecule has 136 valence electrons. The molecule has 2 aliphatic rings. The van der Waals surface area contributed by atoms with E-state index in [1.165, 1.54) is 4.90 Å². The Balaban J connectivity index is 1.88. The number of hydrogen-bond acceptors (Lipinski definition) is 3. The molecule has 8 heteroatoms. The first-order valence-electron chi connectivity index (χ1n) is 8.21. The highest BCUT2D eigenvalue weighted by Gasteiger charge is 2.52. The normalized spacial score (nSPS) is 19.2. The van der Waals surface area contributed by atoms with Gasteiger partial charge >= 0.3 is 6.18 Å². The molecule has 1 saturated heterocycles. The zero-order chi connectivity index (χ0) is 18.2. The monoisotopic (exact) mass is 355 g/mol. The fourth-order valence-electron chi connectivity index (χ4n) is 3.85. The van der Waals surface area contributed by atoms with E-state index in [0.29, 0.717) is 31.6 Å². The van der Waals surface area contributed by atoms with Crippen molar-refractivity contribution in [1.29, 1.82) is 0 Å². The number of rotatable bonds is 3. The van der Waals surface area contributed by atoms with Gasteiger partial charge in [-0.25, -0.2) is 0 Å². The molecule has 1 aromatic rings. The van der Waals surface area contributed by atoms with Crippen molar-refractivity contribution in [3.8, 4) is 0 Å². The van der Waals surface area contributed by atoms with E-state index < -0.39 is 30.6 Å². The lowest BCUT2D eigenvalue weighted by Gasteiger charge is -2.33. The lowest BCUT2D eigenvalue weighted by atomic mass is 9.72. The van der Waals surface area contributed by atoms with Gasteiger partial charge in [0.05, 0.1) is 5.41 Å². The van der Waals surface area contributed by atoms with Crippen molar-refractivity contribution in [3.63, 3.8) is 0 Å². The molecule has 0 aromatic heterocycles. The van der Waals surface area contributed by atoms with Crippen LogP contribution in [0.2, 0.25) is 0 Å². The molecule has 0 radical (unpaired) electrons. The summed E-state index contributed by atoms with van der Waals surface area (Å²) in [7, 11) is 0. The predicted octanol–water partition coefficient (Wildman–Crippen LogP) is 1.64. The van der Waals surface area contributed by atoms with Gasteiger partial charge in [-0.3, -0.25) is 9.59 Å². The number of amides is 2. The van der Waals surface area contributed by atoms with Crippen LogP contribution < -0.4 is 15.5 Å².